The zero-order valence-electron chi connectivity index (χ0n) is 6.90. The van der Waals surface area contributed by atoms with Crippen LogP contribution in [0.4, 0.5) is 4.39 Å². The van der Waals surface area contributed by atoms with Crippen LogP contribution in [0.15, 0.2) is 41.1 Å². The van der Waals surface area contributed by atoms with Gasteiger partial charge in [0.1, 0.15) is 18.6 Å². The maximum atomic E-state index is 12.4. The van der Waals surface area contributed by atoms with Crippen LogP contribution in [0, 0.1) is 0 Å². The van der Waals surface area contributed by atoms with Crippen molar-refractivity contribution in [3.8, 4) is 11.3 Å². The average Bonchev–Trinajstić information content (AvgIpc) is 2.67. The van der Waals surface area contributed by atoms with E-state index in [4.69, 9.17) is 4.52 Å². The highest BCUT2D eigenvalue weighted by Crippen LogP contribution is 2.21. The van der Waals surface area contributed by atoms with Gasteiger partial charge in [0.25, 0.3) is 0 Å². The lowest BCUT2D eigenvalue weighted by Crippen LogP contribution is -1.82. The molecule has 1 aromatic carbocycles. The van der Waals surface area contributed by atoms with E-state index in [1.807, 2.05) is 30.3 Å². The molecule has 2 rings (SSSR count). The summed E-state index contributed by atoms with van der Waals surface area (Å²) in [7, 11) is 0. The maximum Gasteiger partial charge on any atom is 0.130 e. The fraction of sp³-hybridized carbons (Fsp3) is 0.100. The van der Waals surface area contributed by atoms with Gasteiger partial charge in [0.15, 0.2) is 0 Å². The maximum absolute atomic E-state index is 12.4. The Balaban J connectivity index is 2.47. The van der Waals surface area contributed by atoms with Crippen LogP contribution in [-0.2, 0) is 6.67 Å². The molecule has 0 radical (unpaired) electrons. The molecule has 0 unspecified atom stereocenters. The third kappa shape index (κ3) is 1.45. The van der Waals surface area contributed by atoms with Gasteiger partial charge in [-0.15, -0.1) is 0 Å². The van der Waals surface area contributed by atoms with Crippen molar-refractivity contribution in [2.45, 2.75) is 6.67 Å². The molecule has 2 aromatic rings. The Morgan fingerprint density at radius 3 is 2.69 bits per heavy atom. The first-order chi connectivity index (χ1) is 6.42. The van der Waals surface area contributed by atoms with Crippen LogP contribution < -0.4 is 0 Å². The molecule has 0 aliphatic heterocycles. The molecular weight excluding hydrogens is 169 g/mol. The van der Waals surface area contributed by atoms with Gasteiger partial charge in [0, 0.05) is 5.56 Å². The molecule has 0 bridgehead atoms. The Labute approximate surface area is 75.0 Å². The standard InChI is InChI=1S/C10H8FNO/c11-6-9-7-13-12-10(9)8-4-2-1-3-5-8/h1-5,7H,6H2. The summed E-state index contributed by atoms with van der Waals surface area (Å²) in [6.45, 7) is -0.548. The lowest BCUT2D eigenvalue weighted by molar-refractivity contribution is 0.416. The molecule has 0 aliphatic carbocycles. The van der Waals surface area contributed by atoms with E-state index in [9.17, 15) is 4.39 Å². The predicted molar refractivity (Wildman–Crippen MR) is 46.8 cm³/mol. The molecule has 0 amide bonds. The second-order valence-corrected chi connectivity index (χ2v) is 2.69. The molecule has 1 aromatic heterocycles. The van der Waals surface area contributed by atoms with Crippen molar-refractivity contribution in [1.82, 2.24) is 5.16 Å². The second kappa shape index (κ2) is 3.39. The van der Waals surface area contributed by atoms with Crippen molar-refractivity contribution >= 4 is 0 Å². The van der Waals surface area contributed by atoms with E-state index in [1.54, 1.807) is 0 Å². The van der Waals surface area contributed by atoms with Crippen molar-refractivity contribution in [1.29, 1.82) is 0 Å². The van der Waals surface area contributed by atoms with Crippen LogP contribution in [-0.4, -0.2) is 5.16 Å². The van der Waals surface area contributed by atoms with E-state index in [0.29, 0.717) is 11.3 Å². The van der Waals surface area contributed by atoms with E-state index in [1.165, 1.54) is 6.26 Å². The van der Waals surface area contributed by atoms with Gasteiger partial charge in [-0.05, 0) is 0 Å². The van der Waals surface area contributed by atoms with Gasteiger partial charge in [0.05, 0.1) is 5.56 Å². The van der Waals surface area contributed by atoms with E-state index >= 15 is 0 Å². The Bertz CT molecular complexity index is 383. The summed E-state index contributed by atoms with van der Waals surface area (Å²) in [5, 5.41) is 3.74. The van der Waals surface area contributed by atoms with Gasteiger partial charge in [-0.2, -0.15) is 0 Å². The summed E-state index contributed by atoms with van der Waals surface area (Å²) in [5.74, 6) is 0. The van der Waals surface area contributed by atoms with Crippen molar-refractivity contribution in [2.75, 3.05) is 0 Å². The molecule has 13 heavy (non-hydrogen) atoms. The monoisotopic (exact) mass is 177 g/mol. The molecule has 1 heterocycles. The topological polar surface area (TPSA) is 26.0 Å². The van der Waals surface area contributed by atoms with Crippen LogP contribution in [0.25, 0.3) is 11.3 Å². The van der Waals surface area contributed by atoms with Crippen LogP contribution in [0.5, 0.6) is 0 Å². The fourth-order valence-electron chi connectivity index (χ4n) is 1.19. The predicted octanol–water partition coefficient (Wildman–Crippen LogP) is 2.81. The third-order valence-electron chi connectivity index (χ3n) is 1.83. The second-order valence-electron chi connectivity index (χ2n) is 2.69. The first-order valence-electron chi connectivity index (χ1n) is 3.96. The van der Waals surface area contributed by atoms with Crippen LogP contribution in [0.2, 0.25) is 0 Å². The lowest BCUT2D eigenvalue weighted by Gasteiger charge is -1.95. The van der Waals surface area contributed by atoms with E-state index < -0.39 is 6.67 Å². The highest BCUT2D eigenvalue weighted by Gasteiger charge is 2.08. The SMILES string of the molecule is FCc1conc1-c1ccccc1. The van der Waals surface area contributed by atoms with Crippen LogP contribution in [0.1, 0.15) is 5.56 Å². The summed E-state index contributed by atoms with van der Waals surface area (Å²) in [4.78, 5) is 0. The van der Waals surface area contributed by atoms with E-state index in [-0.39, 0.29) is 0 Å². The molecule has 0 spiro atoms. The van der Waals surface area contributed by atoms with Gasteiger partial charge < -0.3 is 4.52 Å². The number of rotatable bonds is 2. The van der Waals surface area contributed by atoms with Crippen molar-refractivity contribution < 1.29 is 8.91 Å². The van der Waals surface area contributed by atoms with E-state index in [2.05, 4.69) is 5.16 Å². The first-order valence-corrected chi connectivity index (χ1v) is 3.96. The van der Waals surface area contributed by atoms with Crippen molar-refractivity contribution in [2.24, 2.45) is 0 Å². The number of halogens is 1. The number of benzene rings is 1. The molecular formula is C10H8FNO. The normalized spacial score (nSPS) is 10.2. The minimum atomic E-state index is -0.548. The zero-order valence-corrected chi connectivity index (χ0v) is 6.90. The number of alkyl halides is 1. The minimum absolute atomic E-state index is 0.492. The summed E-state index contributed by atoms with van der Waals surface area (Å²) in [6, 6.07) is 9.41. The molecule has 2 nitrogen and oxygen atoms in total. The molecule has 0 fully saturated rings. The van der Waals surface area contributed by atoms with Gasteiger partial charge in [-0.3, -0.25) is 0 Å². The molecule has 66 valence electrons. The highest BCUT2D eigenvalue weighted by molar-refractivity contribution is 5.61. The summed E-state index contributed by atoms with van der Waals surface area (Å²) in [5.41, 5.74) is 1.96. The Morgan fingerprint density at radius 2 is 2.00 bits per heavy atom. The van der Waals surface area contributed by atoms with Gasteiger partial charge in [-0.1, -0.05) is 35.5 Å². The fourth-order valence-corrected chi connectivity index (χ4v) is 1.19. The molecule has 0 saturated carbocycles. The summed E-state index contributed by atoms with van der Waals surface area (Å²) in [6.07, 6.45) is 1.34. The Kier molecular flexibility index (Phi) is 2.08. The van der Waals surface area contributed by atoms with Gasteiger partial charge in [0.2, 0.25) is 0 Å². The number of nitrogens with zero attached hydrogens (tertiary/aromatic N) is 1. The number of aromatic nitrogens is 1. The third-order valence-corrected chi connectivity index (χ3v) is 1.83. The lowest BCUT2D eigenvalue weighted by atomic mass is 10.1. The number of hydrogen-bond donors (Lipinski definition) is 0. The summed E-state index contributed by atoms with van der Waals surface area (Å²) >= 11 is 0. The average molecular weight is 177 g/mol. The van der Waals surface area contributed by atoms with Gasteiger partial charge >= 0.3 is 0 Å². The quantitative estimate of drug-likeness (QED) is 0.704. The smallest absolute Gasteiger partial charge is 0.130 e. The Hall–Kier alpha value is -1.64. The molecule has 3 heteroatoms. The number of hydrogen-bond acceptors (Lipinski definition) is 2. The van der Waals surface area contributed by atoms with Crippen LogP contribution >= 0.6 is 0 Å². The van der Waals surface area contributed by atoms with Gasteiger partial charge in [-0.25, -0.2) is 4.39 Å². The van der Waals surface area contributed by atoms with Crippen LogP contribution in [0.3, 0.4) is 0 Å². The molecule has 0 atom stereocenters. The summed E-state index contributed by atoms with van der Waals surface area (Å²) < 4.78 is 17.1. The van der Waals surface area contributed by atoms with Crippen molar-refractivity contribution in [3.63, 3.8) is 0 Å². The van der Waals surface area contributed by atoms with Crippen molar-refractivity contribution in [3.05, 3.63) is 42.2 Å². The zero-order chi connectivity index (χ0) is 9.10. The van der Waals surface area contributed by atoms with E-state index in [0.717, 1.165) is 5.56 Å². The Morgan fingerprint density at radius 1 is 1.23 bits per heavy atom. The molecule has 0 aliphatic rings. The molecule has 0 saturated heterocycles. The first kappa shape index (κ1) is 7.98. The minimum Gasteiger partial charge on any atom is -0.364 e. The molecule has 0 N–H and O–H groups in total. The highest BCUT2D eigenvalue weighted by atomic mass is 19.1. The largest absolute Gasteiger partial charge is 0.364 e.